The number of ether oxygens (including phenoxy) is 1. The van der Waals surface area contributed by atoms with E-state index in [4.69, 9.17) is 20.8 Å². The molecule has 0 radical (unpaired) electrons. The molecule has 0 saturated carbocycles. The largest absolute Gasteiger partial charge is 0.490 e. The number of alkyl halides is 1. The molecule has 1 heterocycles. The minimum atomic E-state index is -0.741. The summed E-state index contributed by atoms with van der Waals surface area (Å²) in [5, 5.41) is 10.8. The molecule has 0 aliphatic heterocycles. The summed E-state index contributed by atoms with van der Waals surface area (Å²) in [4.78, 5) is 11.4. The van der Waals surface area contributed by atoms with Crippen LogP contribution in [-0.4, -0.2) is 29.5 Å². The summed E-state index contributed by atoms with van der Waals surface area (Å²) < 4.78 is 10.7. The molecular weight excluding hydrogens is 256 g/mol. The van der Waals surface area contributed by atoms with Crippen molar-refractivity contribution in [3.05, 3.63) is 30.2 Å². The number of halogens is 1. The molecule has 0 spiro atoms. The summed E-state index contributed by atoms with van der Waals surface area (Å²) >= 11 is 5.49. The van der Waals surface area contributed by atoms with E-state index < -0.39 is 6.10 Å². The maximum Gasteiger partial charge on any atom is 0.195 e. The molecule has 0 aliphatic rings. The standard InChI is InChI=1S/C13H13ClO4/c1-8(15)13-12-9(6-18-13)3-2-4-11(12)17-7-10(16)5-14/h2-4,6,10,16H,5,7H2,1H3. The normalized spacial score (nSPS) is 12.6. The zero-order chi connectivity index (χ0) is 13.1. The Balaban J connectivity index is 2.37. The van der Waals surface area contributed by atoms with E-state index in [1.165, 1.54) is 13.2 Å². The van der Waals surface area contributed by atoms with E-state index >= 15 is 0 Å². The molecule has 2 aromatic rings. The molecule has 5 heteroatoms. The van der Waals surface area contributed by atoms with Gasteiger partial charge >= 0.3 is 0 Å². The number of fused-ring (bicyclic) bond motifs is 1. The number of aliphatic hydroxyl groups excluding tert-OH is 1. The van der Waals surface area contributed by atoms with Gasteiger partial charge in [-0.25, -0.2) is 0 Å². The molecule has 0 amide bonds. The quantitative estimate of drug-likeness (QED) is 0.669. The van der Waals surface area contributed by atoms with Crippen LogP contribution in [0.15, 0.2) is 28.9 Å². The predicted octanol–water partition coefficient (Wildman–Crippen LogP) is 2.61. The molecule has 1 atom stereocenters. The van der Waals surface area contributed by atoms with Gasteiger partial charge in [0.05, 0.1) is 17.5 Å². The Hall–Kier alpha value is -1.52. The Morgan fingerprint density at radius 2 is 2.33 bits per heavy atom. The Labute approximate surface area is 109 Å². The van der Waals surface area contributed by atoms with Gasteiger partial charge in [-0.05, 0) is 6.07 Å². The molecule has 2 rings (SSSR count). The highest BCUT2D eigenvalue weighted by Crippen LogP contribution is 2.31. The first kappa shape index (κ1) is 12.9. The SMILES string of the molecule is CC(=O)c1occ2cccc(OCC(O)CCl)c12. The maximum absolute atomic E-state index is 11.4. The summed E-state index contributed by atoms with van der Waals surface area (Å²) in [7, 11) is 0. The topological polar surface area (TPSA) is 59.7 Å². The third-order valence-corrected chi connectivity index (χ3v) is 2.87. The molecule has 0 aliphatic carbocycles. The summed E-state index contributed by atoms with van der Waals surface area (Å²) in [5.41, 5.74) is 0. The average Bonchev–Trinajstić information content (AvgIpc) is 2.80. The molecule has 0 fully saturated rings. The van der Waals surface area contributed by atoms with Crippen molar-refractivity contribution >= 4 is 28.2 Å². The van der Waals surface area contributed by atoms with Crippen LogP contribution in [0, 0.1) is 0 Å². The lowest BCUT2D eigenvalue weighted by atomic mass is 10.1. The molecule has 1 unspecified atom stereocenters. The number of hydrogen-bond donors (Lipinski definition) is 1. The van der Waals surface area contributed by atoms with Crippen LogP contribution in [0.25, 0.3) is 10.8 Å². The Morgan fingerprint density at radius 1 is 1.56 bits per heavy atom. The third-order valence-electron chi connectivity index (χ3n) is 2.52. The minimum absolute atomic E-state index is 0.0745. The van der Waals surface area contributed by atoms with Crippen molar-refractivity contribution in [1.82, 2.24) is 0 Å². The van der Waals surface area contributed by atoms with Crippen molar-refractivity contribution in [2.24, 2.45) is 0 Å². The fourth-order valence-corrected chi connectivity index (χ4v) is 1.77. The van der Waals surface area contributed by atoms with Gasteiger partial charge < -0.3 is 14.3 Å². The number of carbonyl (C=O) groups is 1. The van der Waals surface area contributed by atoms with E-state index in [0.717, 1.165) is 5.39 Å². The highest BCUT2D eigenvalue weighted by molar-refractivity contribution is 6.18. The summed E-state index contributed by atoms with van der Waals surface area (Å²) in [5.74, 6) is 0.705. The first-order valence-electron chi connectivity index (χ1n) is 5.51. The van der Waals surface area contributed by atoms with Crippen LogP contribution in [0.2, 0.25) is 0 Å². The first-order valence-corrected chi connectivity index (χ1v) is 6.05. The van der Waals surface area contributed by atoms with Gasteiger partial charge in [-0.15, -0.1) is 11.6 Å². The third kappa shape index (κ3) is 2.49. The van der Waals surface area contributed by atoms with Gasteiger partial charge in [0.15, 0.2) is 11.5 Å². The fraction of sp³-hybridized carbons (Fsp3) is 0.308. The van der Waals surface area contributed by atoms with Crippen molar-refractivity contribution in [2.45, 2.75) is 13.0 Å². The van der Waals surface area contributed by atoms with Gasteiger partial charge in [-0.2, -0.15) is 0 Å². The van der Waals surface area contributed by atoms with Crippen molar-refractivity contribution in [2.75, 3.05) is 12.5 Å². The van der Waals surface area contributed by atoms with Crippen LogP contribution in [0.5, 0.6) is 5.75 Å². The molecule has 96 valence electrons. The van der Waals surface area contributed by atoms with Crippen molar-refractivity contribution < 1.29 is 19.1 Å². The lowest BCUT2D eigenvalue weighted by molar-refractivity contribution is 0.0988. The van der Waals surface area contributed by atoms with Gasteiger partial charge in [0.2, 0.25) is 0 Å². The molecule has 1 aromatic heterocycles. The number of benzene rings is 1. The second-order valence-electron chi connectivity index (χ2n) is 3.96. The number of Topliss-reactive ketones (excluding diaryl/α,β-unsaturated/α-hetero) is 1. The van der Waals surface area contributed by atoms with E-state index in [2.05, 4.69) is 0 Å². The van der Waals surface area contributed by atoms with Crippen LogP contribution in [0.1, 0.15) is 17.5 Å². The Morgan fingerprint density at radius 3 is 3.00 bits per heavy atom. The first-order chi connectivity index (χ1) is 8.63. The molecule has 1 N–H and O–H groups in total. The van der Waals surface area contributed by atoms with Crippen LogP contribution in [-0.2, 0) is 0 Å². The Kier molecular flexibility index (Phi) is 3.89. The van der Waals surface area contributed by atoms with Gasteiger partial charge in [0.25, 0.3) is 0 Å². The minimum Gasteiger partial charge on any atom is -0.490 e. The van der Waals surface area contributed by atoms with Crippen molar-refractivity contribution in [1.29, 1.82) is 0 Å². The van der Waals surface area contributed by atoms with Gasteiger partial charge in [-0.1, -0.05) is 12.1 Å². The lowest BCUT2D eigenvalue weighted by Gasteiger charge is -2.10. The van der Waals surface area contributed by atoms with Gasteiger partial charge in [0.1, 0.15) is 18.5 Å². The van der Waals surface area contributed by atoms with E-state index in [0.29, 0.717) is 11.1 Å². The average molecular weight is 269 g/mol. The van der Waals surface area contributed by atoms with Crippen LogP contribution < -0.4 is 4.74 Å². The predicted molar refractivity (Wildman–Crippen MR) is 68.4 cm³/mol. The fourth-order valence-electron chi connectivity index (χ4n) is 1.68. The van der Waals surface area contributed by atoms with Gasteiger partial charge in [0, 0.05) is 12.3 Å². The second-order valence-corrected chi connectivity index (χ2v) is 4.27. The highest BCUT2D eigenvalue weighted by atomic mass is 35.5. The van der Waals surface area contributed by atoms with Crippen LogP contribution in [0.4, 0.5) is 0 Å². The zero-order valence-electron chi connectivity index (χ0n) is 9.85. The molecule has 0 bridgehead atoms. The van der Waals surface area contributed by atoms with E-state index in [1.807, 2.05) is 6.07 Å². The number of hydrogen-bond acceptors (Lipinski definition) is 4. The molecule has 4 nitrogen and oxygen atoms in total. The summed E-state index contributed by atoms with van der Waals surface area (Å²) in [6, 6.07) is 5.35. The number of carbonyl (C=O) groups excluding carboxylic acids is 1. The van der Waals surface area contributed by atoms with E-state index in [1.54, 1.807) is 12.1 Å². The molecular formula is C13H13ClO4. The zero-order valence-corrected chi connectivity index (χ0v) is 10.6. The maximum atomic E-state index is 11.4. The number of furan rings is 1. The number of ketones is 1. The summed E-state index contributed by atoms with van der Waals surface area (Å²) in [6.07, 6.45) is 0.770. The van der Waals surface area contributed by atoms with Gasteiger partial charge in [-0.3, -0.25) is 4.79 Å². The van der Waals surface area contributed by atoms with E-state index in [-0.39, 0.29) is 24.0 Å². The molecule has 0 saturated heterocycles. The smallest absolute Gasteiger partial charge is 0.195 e. The van der Waals surface area contributed by atoms with E-state index in [9.17, 15) is 9.90 Å². The highest BCUT2D eigenvalue weighted by Gasteiger charge is 2.15. The summed E-state index contributed by atoms with van der Waals surface area (Å²) in [6.45, 7) is 1.51. The Bertz CT molecular complexity index is 561. The monoisotopic (exact) mass is 268 g/mol. The molecule has 1 aromatic carbocycles. The van der Waals surface area contributed by atoms with Crippen molar-refractivity contribution in [3.63, 3.8) is 0 Å². The number of rotatable bonds is 5. The van der Waals surface area contributed by atoms with Crippen LogP contribution >= 0.6 is 11.6 Å². The number of aliphatic hydroxyl groups is 1. The second kappa shape index (κ2) is 5.42. The molecule has 18 heavy (non-hydrogen) atoms. The van der Waals surface area contributed by atoms with Crippen LogP contribution in [0.3, 0.4) is 0 Å². The van der Waals surface area contributed by atoms with Crippen molar-refractivity contribution in [3.8, 4) is 5.75 Å². The lowest BCUT2D eigenvalue weighted by Crippen LogP contribution is -2.18.